The predicted octanol–water partition coefficient (Wildman–Crippen LogP) is 13.8. The minimum absolute atomic E-state index is 0.110. The van der Waals surface area contributed by atoms with Crippen molar-refractivity contribution in [1.29, 1.82) is 0 Å². The van der Waals surface area contributed by atoms with E-state index < -0.39 is 0 Å². The van der Waals surface area contributed by atoms with Gasteiger partial charge in [-0.2, -0.15) is 0 Å². The number of hydrogen-bond donors (Lipinski definition) is 0. The number of Topliss-reactive ketones (excluding diaryl/α,β-unsaturated/α-hetero) is 1. The van der Waals surface area contributed by atoms with Gasteiger partial charge in [0.2, 0.25) is 5.91 Å². The monoisotopic (exact) mass is 720 g/mol. The lowest BCUT2D eigenvalue weighted by molar-refractivity contribution is -0.146. The molecule has 0 aliphatic heterocycles. The molecule has 1 aliphatic rings. The SMILES string of the molecule is CC.CCCCCCCCC(CCCCCC)COC(=O)CCN(CCCC1CC1C(=O)C(CCCCCC)CCCCCCCC)C(=O)CC. The fraction of sp³-hybridized carbons (Fsp3) is 0.935. The maximum absolute atomic E-state index is 13.6. The zero-order valence-corrected chi connectivity index (χ0v) is 35.5. The van der Waals surface area contributed by atoms with Crippen molar-refractivity contribution in [3.8, 4) is 0 Å². The lowest BCUT2D eigenvalue weighted by Crippen LogP contribution is -2.34. The van der Waals surface area contributed by atoms with Gasteiger partial charge < -0.3 is 9.64 Å². The third kappa shape index (κ3) is 26.9. The van der Waals surface area contributed by atoms with Crippen LogP contribution in [0.4, 0.5) is 0 Å². The average Bonchev–Trinajstić information content (AvgIpc) is 3.93. The van der Waals surface area contributed by atoms with Crippen molar-refractivity contribution in [3.63, 3.8) is 0 Å². The van der Waals surface area contributed by atoms with E-state index in [1.165, 1.54) is 128 Å². The van der Waals surface area contributed by atoms with Crippen LogP contribution in [0, 0.1) is 23.7 Å². The fourth-order valence-electron chi connectivity index (χ4n) is 7.66. The summed E-state index contributed by atoms with van der Waals surface area (Å²) >= 11 is 0. The van der Waals surface area contributed by atoms with Crippen LogP contribution < -0.4 is 0 Å². The number of amides is 1. The van der Waals surface area contributed by atoms with Crippen molar-refractivity contribution in [2.45, 2.75) is 235 Å². The molecule has 5 nitrogen and oxygen atoms in total. The van der Waals surface area contributed by atoms with Gasteiger partial charge in [0.15, 0.2) is 0 Å². The molecule has 302 valence electrons. The maximum Gasteiger partial charge on any atom is 0.307 e. The third-order valence-corrected chi connectivity index (χ3v) is 11.2. The number of carbonyl (C=O) groups is 3. The summed E-state index contributed by atoms with van der Waals surface area (Å²) in [6, 6.07) is 0. The highest BCUT2D eigenvalue weighted by molar-refractivity contribution is 5.86. The Balaban J connectivity index is 0.0000123. The van der Waals surface area contributed by atoms with E-state index in [0.29, 0.717) is 43.7 Å². The average molecular weight is 720 g/mol. The Morgan fingerprint density at radius 1 is 0.588 bits per heavy atom. The second-order valence-corrected chi connectivity index (χ2v) is 15.7. The van der Waals surface area contributed by atoms with Gasteiger partial charge in [0.1, 0.15) is 5.78 Å². The van der Waals surface area contributed by atoms with Crippen LogP contribution in [0.3, 0.4) is 0 Å². The molecule has 0 aromatic rings. The van der Waals surface area contributed by atoms with E-state index in [1.807, 2.05) is 25.7 Å². The van der Waals surface area contributed by atoms with Crippen LogP contribution in [-0.2, 0) is 19.1 Å². The standard InChI is InChI=1S/C44H83NO4.C2H6/c1-6-11-15-19-21-24-29-38(28-23-17-13-8-3)37-49-43(47)33-35-45(42(46)10-5)34-27-32-40-36-41(40)44(48)39(30-25-18-14-9-4)31-26-22-20-16-12-7-2;1-2/h38-41H,6-37H2,1-5H3;1-2H3. The molecule has 0 aromatic carbocycles. The Hall–Kier alpha value is -1.39. The van der Waals surface area contributed by atoms with Crippen LogP contribution in [0.2, 0.25) is 0 Å². The van der Waals surface area contributed by atoms with Gasteiger partial charge in [0, 0.05) is 31.3 Å². The van der Waals surface area contributed by atoms with E-state index in [2.05, 4.69) is 27.7 Å². The van der Waals surface area contributed by atoms with Gasteiger partial charge in [-0.25, -0.2) is 0 Å². The highest BCUT2D eigenvalue weighted by atomic mass is 16.5. The Morgan fingerprint density at radius 2 is 1.04 bits per heavy atom. The summed E-state index contributed by atoms with van der Waals surface area (Å²) < 4.78 is 5.82. The van der Waals surface area contributed by atoms with Crippen LogP contribution in [0.25, 0.3) is 0 Å². The first-order valence-corrected chi connectivity index (χ1v) is 22.9. The van der Waals surface area contributed by atoms with Gasteiger partial charge in [0.25, 0.3) is 0 Å². The topological polar surface area (TPSA) is 63.7 Å². The van der Waals surface area contributed by atoms with Crippen LogP contribution in [0.5, 0.6) is 0 Å². The molecule has 0 N–H and O–H groups in total. The van der Waals surface area contributed by atoms with Gasteiger partial charge in [-0.15, -0.1) is 0 Å². The minimum Gasteiger partial charge on any atom is -0.465 e. The lowest BCUT2D eigenvalue weighted by Gasteiger charge is -2.22. The van der Waals surface area contributed by atoms with Gasteiger partial charge >= 0.3 is 5.97 Å². The predicted molar refractivity (Wildman–Crippen MR) is 220 cm³/mol. The summed E-state index contributed by atoms with van der Waals surface area (Å²) in [5.41, 5.74) is 0. The molecule has 1 rings (SSSR count). The van der Waals surface area contributed by atoms with Crippen molar-refractivity contribution < 1.29 is 19.1 Å². The van der Waals surface area contributed by atoms with Crippen LogP contribution in [-0.4, -0.2) is 42.3 Å². The third-order valence-electron chi connectivity index (χ3n) is 11.2. The molecule has 0 bridgehead atoms. The molecule has 4 unspecified atom stereocenters. The molecule has 0 heterocycles. The molecule has 4 atom stereocenters. The normalized spacial score (nSPS) is 16.2. The molecular weight excluding hydrogens is 631 g/mol. The molecule has 1 saturated carbocycles. The zero-order valence-electron chi connectivity index (χ0n) is 35.5. The second kappa shape index (κ2) is 35.6. The molecule has 0 spiro atoms. The molecule has 0 radical (unpaired) electrons. The quantitative estimate of drug-likeness (QED) is 0.0478. The summed E-state index contributed by atoms with van der Waals surface area (Å²) in [4.78, 5) is 41.0. The number of ketones is 1. The number of nitrogens with zero attached hydrogens (tertiary/aromatic N) is 1. The van der Waals surface area contributed by atoms with Crippen molar-refractivity contribution in [2.24, 2.45) is 23.7 Å². The van der Waals surface area contributed by atoms with Crippen molar-refractivity contribution in [2.75, 3.05) is 19.7 Å². The molecule has 0 saturated heterocycles. The molecule has 0 aromatic heterocycles. The Labute approximate surface area is 319 Å². The number of esters is 1. The number of rotatable bonds is 36. The molecular formula is C46H89NO4. The van der Waals surface area contributed by atoms with E-state index in [-0.39, 0.29) is 30.1 Å². The Kier molecular flexibility index (Phi) is 34.7. The first kappa shape index (κ1) is 49.6. The van der Waals surface area contributed by atoms with Gasteiger partial charge in [-0.3, -0.25) is 14.4 Å². The van der Waals surface area contributed by atoms with Gasteiger partial charge in [0.05, 0.1) is 13.0 Å². The summed E-state index contributed by atoms with van der Waals surface area (Å²) in [6.07, 6.45) is 33.5. The van der Waals surface area contributed by atoms with Gasteiger partial charge in [-0.05, 0) is 56.8 Å². The Bertz CT molecular complexity index is 813. The van der Waals surface area contributed by atoms with E-state index in [4.69, 9.17) is 4.74 Å². The number of unbranched alkanes of at least 4 members (excludes halogenated alkanes) is 16. The highest BCUT2D eigenvalue weighted by Crippen LogP contribution is 2.45. The molecule has 5 heteroatoms. The molecule has 1 aliphatic carbocycles. The second-order valence-electron chi connectivity index (χ2n) is 15.7. The minimum atomic E-state index is -0.168. The first-order valence-electron chi connectivity index (χ1n) is 22.9. The van der Waals surface area contributed by atoms with Crippen molar-refractivity contribution >= 4 is 17.7 Å². The maximum atomic E-state index is 13.6. The van der Waals surface area contributed by atoms with Crippen molar-refractivity contribution in [1.82, 2.24) is 4.90 Å². The Morgan fingerprint density at radius 3 is 1.53 bits per heavy atom. The molecule has 1 amide bonds. The lowest BCUT2D eigenvalue weighted by atomic mass is 9.88. The van der Waals surface area contributed by atoms with E-state index in [1.54, 1.807) is 0 Å². The number of hydrogen-bond acceptors (Lipinski definition) is 4. The van der Waals surface area contributed by atoms with E-state index in [0.717, 1.165) is 44.9 Å². The smallest absolute Gasteiger partial charge is 0.307 e. The number of carbonyl (C=O) groups excluding carboxylic acids is 3. The summed E-state index contributed by atoms with van der Waals surface area (Å²) in [7, 11) is 0. The summed E-state index contributed by atoms with van der Waals surface area (Å²) in [5, 5.41) is 0. The van der Waals surface area contributed by atoms with Crippen LogP contribution >= 0.6 is 0 Å². The largest absolute Gasteiger partial charge is 0.465 e. The first-order chi connectivity index (χ1) is 24.9. The van der Waals surface area contributed by atoms with E-state index in [9.17, 15) is 14.4 Å². The number of ether oxygens (including phenoxy) is 1. The van der Waals surface area contributed by atoms with E-state index >= 15 is 0 Å². The summed E-state index contributed by atoms with van der Waals surface area (Å²) in [5.74, 6) is 1.92. The van der Waals surface area contributed by atoms with Crippen LogP contribution in [0.1, 0.15) is 235 Å². The zero-order chi connectivity index (χ0) is 38.0. The molecule has 1 fully saturated rings. The molecule has 51 heavy (non-hydrogen) atoms. The fourth-order valence-corrected chi connectivity index (χ4v) is 7.66. The summed E-state index contributed by atoms with van der Waals surface area (Å²) in [6.45, 7) is 16.6. The van der Waals surface area contributed by atoms with Crippen LogP contribution in [0.15, 0.2) is 0 Å². The highest BCUT2D eigenvalue weighted by Gasteiger charge is 2.44. The van der Waals surface area contributed by atoms with Crippen molar-refractivity contribution in [3.05, 3.63) is 0 Å². The van der Waals surface area contributed by atoms with Gasteiger partial charge in [-0.1, -0.05) is 177 Å².